The molecule has 0 aliphatic rings. The van der Waals surface area contributed by atoms with Gasteiger partial charge in [0.05, 0.1) is 11.6 Å². The molecule has 1 unspecified atom stereocenters. The van der Waals surface area contributed by atoms with Gasteiger partial charge in [-0.2, -0.15) is 0 Å². The Labute approximate surface area is 124 Å². The standard InChI is InChI=1S/C18H19N3/c1-12-8-13(2)10-16(9-12)18(21-19)15-6-5-14-4-3-7-20-17(14)11-15/h3-11,18,21H,19H2,1-2H3. The highest BCUT2D eigenvalue weighted by atomic mass is 15.2. The van der Waals surface area contributed by atoms with E-state index in [-0.39, 0.29) is 6.04 Å². The van der Waals surface area contributed by atoms with Crippen molar-refractivity contribution in [3.05, 3.63) is 77.0 Å². The second kappa shape index (κ2) is 5.64. The van der Waals surface area contributed by atoms with E-state index in [2.05, 4.69) is 66.7 Å². The first-order chi connectivity index (χ1) is 10.2. The summed E-state index contributed by atoms with van der Waals surface area (Å²) in [6, 6.07) is 16.8. The maximum atomic E-state index is 5.81. The Morgan fingerprint density at radius 2 is 1.71 bits per heavy atom. The lowest BCUT2D eigenvalue weighted by molar-refractivity contribution is 0.636. The van der Waals surface area contributed by atoms with Gasteiger partial charge in [0.25, 0.3) is 0 Å². The van der Waals surface area contributed by atoms with E-state index < -0.39 is 0 Å². The second-order valence-electron chi connectivity index (χ2n) is 5.48. The van der Waals surface area contributed by atoms with Crippen molar-refractivity contribution in [3.63, 3.8) is 0 Å². The van der Waals surface area contributed by atoms with Gasteiger partial charge >= 0.3 is 0 Å². The van der Waals surface area contributed by atoms with Gasteiger partial charge in [-0.25, -0.2) is 5.43 Å². The van der Waals surface area contributed by atoms with Crippen LogP contribution in [0, 0.1) is 13.8 Å². The Bertz CT molecular complexity index is 760. The smallest absolute Gasteiger partial charge is 0.0711 e. The largest absolute Gasteiger partial charge is 0.271 e. The van der Waals surface area contributed by atoms with E-state index in [1.165, 1.54) is 16.7 Å². The Morgan fingerprint density at radius 1 is 0.952 bits per heavy atom. The minimum atomic E-state index is -0.0324. The number of pyridine rings is 1. The Kier molecular flexibility index (Phi) is 3.69. The lowest BCUT2D eigenvalue weighted by Gasteiger charge is -2.18. The molecule has 3 heteroatoms. The highest BCUT2D eigenvalue weighted by Gasteiger charge is 2.13. The molecule has 1 atom stereocenters. The van der Waals surface area contributed by atoms with Crippen LogP contribution in [0.5, 0.6) is 0 Å². The van der Waals surface area contributed by atoms with Crippen molar-refractivity contribution in [1.82, 2.24) is 10.4 Å². The minimum Gasteiger partial charge on any atom is -0.271 e. The van der Waals surface area contributed by atoms with Crippen molar-refractivity contribution < 1.29 is 0 Å². The molecule has 1 aromatic heterocycles. The fraction of sp³-hybridized carbons (Fsp3) is 0.167. The molecule has 106 valence electrons. The summed E-state index contributed by atoms with van der Waals surface area (Å²) in [5.41, 5.74) is 8.68. The van der Waals surface area contributed by atoms with Crippen molar-refractivity contribution in [2.45, 2.75) is 19.9 Å². The number of aryl methyl sites for hydroxylation is 2. The van der Waals surface area contributed by atoms with E-state index in [4.69, 9.17) is 5.84 Å². The molecule has 21 heavy (non-hydrogen) atoms. The van der Waals surface area contributed by atoms with Crippen molar-refractivity contribution in [2.24, 2.45) is 5.84 Å². The first kappa shape index (κ1) is 13.7. The van der Waals surface area contributed by atoms with E-state index in [1.54, 1.807) is 0 Å². The topological polar surface area (TPSA) is 50.9 Å². The lowest BCUT2D eigenvalue weighted by atomic mass is 9.95. The van der Waals surface area contributed by atoms with Gasteiger partial charge in [0, 0.05) is 11.6 Å². The summed E-state index contributed by atoms with van der Waals surface area (Å²) in [5, 5.41) is 1.14. The van der Waals surface area contributed by atoms with Crippen molar-refractivity contribution in [3.8, 4) is 0 Å². The van der Waals surface area contributed by atoms with Crippen LogP contribution in [0.25, 0.3) is 10.9 Å². The van der Waals surface area contributed by atoms with Gasteiger partial charge in [-0.3, -0.25) is 10.8 Å². The zero-order valence-electron chi connectivity index (χ0n) is 12.3. The molecule has 3 nitrogen and oxygen atoms in total. The van der Waals surface area contributed by atoms with Crippen LogP contribution < -0.4 is 11.3 Å². The van der Waals surface area contributed by atoms with Crippen LogP contribution in [0.15, 0.2) is 54.7 Å². The molecule has 0 saturated carbocycles. The molecule has 0 fully saturated rings. The number of aromatic nitrogens is 1. The monoisotopic (exact) mass is 277 g/mol. The number of hydrazine groups is 1. The van der Waals surface area contributed by atoms with Crippen molar-refractivity contribution in [1.29, 1.82) is 0 Å². The predicted molar refractivity (Wildman–Crippen MR) is 86.8 cm³/mol. The average molecular weight is 277 g/mol. The number of hydrogen-bond donors (Lipinski definition) is 2. The van der Waals surface area contributed by atoms with E-state index in [1.807, 2.05) is 12.3 Å². The molecule has 0 bridgehead atoms. The van der Waals surface area contributed by atoms with Crippen LogP contribution >= 0.6 is 0 Å². The molecule has 1 heterocycles. The summed E-state index contributed by atoms with van der Waals surface area (Å²) in [6.07, 6.45) is 1.81. The van der Waals surface area contributed by atoms with Gasteiger partial charge < -0.3 is 0 Å². The summed E-state index contributed by atoms with van der Waals surface area (Å²) < 4.78 is 0. The average Bonchev–Trinajstić information content (AvgIpc) is 2.47. The molecule has 3 rings (SSSR count). The van der Waals surface area contributed by atoms with E-state index >= 15 is 0 Å². The van der Waals surface area contributed by atoms with Gasteiger partial charge in [0.1, 0.15) is 0 Å². The first-order valence-corrected chi connectivity index (χ1v) is 7.06. The lowest BCUT2D eigenvalue weighted by Crippen LogP contribution is -2.29. The molecular formula is C18H19N3. The van der Waals surface area contributed by atoms with Crippen LogP contribution in [-0.2, 0) is 0 Å². The van der Waals surface area contributed by atoms with Crippen molar-refractivity contribution in [2.75, 3.05) is 0 Å². The third kappa shape index (κ3) is 2.79. The van der Waals surface area contributed by atoms with Gasteiger partial charge in [0.15, 0.2) is 0 Å². The minimum absolute atomic E-state index is 0.0324. The van der Waals surface area contributed by atoms with Gasteiger partial charge in [-0.1, -0.05) is 47.5 Å². The maximum Gasteiger partial charge on any atom is 0.0711 e. The normalized spacial score (nSPS) is 12.5. The van der Waals surface area contributed by atoms with Crippen molar-refractivity contribution >= 4 is 10.9 Å². The Balaban J connectivity index is 2.08. The highest BCUT2D eigenvalue weighted by Crippen LogP contribution is 2.25. The zero-order valence-corrected chi connectivity index (χ0v) is 12.3. The quantitative estimate of drug-likeness (QED) is 0.570. The maximum absolute atomic E-state index is 5.81. The van der Waals surface area contributed by atoms with Crippen LogP contribution in [0.1, 0.15) is 28.3 Å². The predicted octanol–water partition coefficient (Wildman–Crippen LogP) is 3.40. The number of rotatable bonds is 3. The summed E-state index contributed by atoms with van der Waals surface area (Å²) >= 11 is 0. The summed E-state index contributed by atoms with van der Waals surface area (Å²) in [6.45, 7) is 4.21. The van der Waals surface area contributed by atoms with Gasteiger partial charge in [-0.05, 0) is 37.1 Å². The van der Waals surface area contributed by atoms with Gasteiger partial charge in [0.2, 0.25) is 0 Å². The fourth-order valence-corrected chi connectivity index (χ4v) is 2.82. The number of hydrogen-bond acceptors (Lipinski definition) is 3. The molecular weight excluding hydrogens is 258 g/mol. The van der Waals surface area contributed by atoms with Crippen LogP contribution in [0.2, 0.25) is 0 Å². The molecule has 0 amide bonds. The van der Waals surface area contributed by atoms with Gasteiger partial charge in [-0.15, -0.1) is 0 Å². The summed E-state index contributed by atoms with van der Waals surface area (Å²) in [7, 11) is 0. The Morgan fingerprint density at radius 3 is 2.43 bits per heavy atom. The number of benzene rings is 2. The Hall–Kier alpha value is -2.23. The molecule has 3 aromatic rings. The molecule has 0 aliphatic heterocycles. The summed E-state index contributed by atoms with van der Waals surface area (Å²) in [4.78, 5) is 4.42. The van der Waals surface area contributed by atoms with Crippen LogP contribution in [-0.4, -0.2) is 4.98 Å². The first-order valence-electron chi connectivity index (χ1n) is 7.06. The van der Waals surface area contributed by atoms with Crippen LogP contribution in [0.4, 0.5) is 0 Å². The molecule has 0 radical (unpaired) electrons. The second-order valence-corrected chi connectivity index (χ2v) is 5.48. The molecule has 0 aliphatic carbocycles. The number of nitrogens with zero attached hydrogens (tertiary/aromatic N) is 1. The van der Waals surface area contributed by atoms with E-state index in [0.29, 0.717) is 0 Å². The molecule has 2 aromatic carbocycles. The molecule has 0 spiro atoms. The SMILES string of the molecule is Cc1cc(C)cc(C(NN)c2ccc3cccnc3c2)c1. The third-order valence-electron chi connectivity index (χ3n) is 3.71. The highest BCUT2D eigenvalue weighted by molar-refractivity contribution is 5.79. The fourth-order valence-electron chi connectivity index (χ4n) is 2.82. The third-order valence-corrected chi connectivity index (χ3v) is 3.71. The molecule has 3 N–H and O–H groups in total. The summed E-state index contributed by atoms with van der Waals surface area (Å²) in [5.74, 6) is 5.81. The number of fused-ring (bicyclic) bond motifs is 1. The van der Waals surface area contributed by atoms with E-state index in [0.717, 1.165) is 16.5 Å². The number of nitrogens with one attached hydrogen (secondary N) is 1. The molecule has 0 saturated heterocycles. The van der Waals surface area contributed by atoms with Crippen LogP contribution in [0.3, 0.4) is 0 Å². The van der Waals surface area contributed by atoms with E-state index in [9.17, 15) is 0 Å². The number of nitrogens with two attached hydrogens (primary N) is 1. The zero-order chi connectivity index (χ0) is 14.8.